The van der Waals surface area contributed by atoms with Crippen LogP contribution in [0.15, 0.2) is 45.3 Å². The zero-order valence-corrected chi connectivity index (χ0v) is 23.9. The molecule has 4 rings (SSSR count). The minimum Gasteiger partial charge on any atom is -0.481 e. The van der Waals surface area contributed by atoms with E-state index in [4.69, 9.17) is 28.3 Å². The molecule has 0 saturated heterocycles. The van der Waals surface area contributed by atoms with Crippen LogP contribution in [0.25, 0.3) is 10.9 Å². The molecule has 2 N–H and O–H groups in total. The van der Waals surface area contributed by atoms with Gasteiger partial charge in [0.25, 0.3) is 0 Å². The average Bonchev–Trinajstić information content (AvgIpc) is 3.33. The standard InChI is InChI=1S/C24H18Cl2FN5O4S3/c1-11(33)20(8-21(35)36)38-24-32-31-23(39-24)37-9-13(34)4-12-2-3-18-14(5-12)22(29-10-28-18)30-19-7-16(26)15(25)6-17(19)27/h2-3,5-7,10,20H,4,8-9H2,1H3,(H,35,36)(H,28,29,30). The number of aromatic nitrogens is 4. The zero-order chi connectivity index (χ0) is 28.1. The third-order valence-corrected chi connectivity index (χ3v) is 9.40. The predicted molar refractivity (Wildman–Crippen MR) is 151 cm³/mol. The van der Waals surface area contributed by atoms with Crippen molar-refractivity contribution in [1.29, 1.82) is 0 Å². The number of hydrogen-bond acceptors (Lipinski definition) is 11. The minimum atomic E-state index is -1.07. The Kier molecular flexibility index (Phi) is 9.72. The number of benzene rings is 2. The molecular weight excluding hydrogens is 608 g/mol. The van der Waals surface area contributed by atoms with Crippen molar-refractivity contribution < 1.29 is 23.9 Å². The monoisotopic (exact) mass is 625 g/mol. The summed E-state index contributed by atoms with van der Waals surface area (Å²) in [5.74, 6) is -1.53. The quantitative estimate of drug-likeness (QED) is 0.140. The second-order valence-electron chi connectivity index (χ2n) is 8.10. The minimum absolute atomic E-state index is 0.0712. The van der Waals surface area contributed by atoms with Crippen LogP contribution in [0.2, 0.25) is 10.0 Å². The van der Waals surface area contributed by atoms with Crippen molar-refractivity contribution >= 4 is 98.0 Å². The van der Waals surface area contributed by atoms with Crippen LogP contribution in [0.4, 0.5) is 15.9 Å². The number of anilines is 2. The second kappa shape index (κ2) is 13.0. The van der Waals surface area contributed by atoms with Gasteiger partial charge < -0.3 is 10.4 Å². The van der Waals surface area contributed by atoms with Crippen LogP contribution in [0.5, 0.6) is 0 Å². The molecule has 0 fully saturated rings. The highest BCUT2D eigenvalue weighted by molar-refractivity contribution is 8.04. The number of thioether (sulfide) groups is 2. The molecule has 0 aliphatic heterocycles. The molecule has 0 spiro atoms. The predicted octanol–water partition coefficient (Wildman–Crippen LogP) is 6.10. The Balaban J connectivity index is 1.41. The van der Waals surface area contributed by atoms with Gasteiger partial charge in [-0.2, -0.15) is 0 Å². The van der Waals surface area contributed by atoms with E-state index in [1.54, 1.807) is 18.2 Å². The van der Waals surface area contributed by atoms with E-state index in [2.05, 4.69) is 25.5 Å². The smallest absolute Gasteiger partial charge is 0.304 e. The van der Waals surface area contributed by atoms with E-state index in [9.17, 15) is 18.8 Å². The van der Waals surface area contributed by atoms with Crippen LogP contribution in [-0.4, -0.2) is 53.8 Å². The number of carboxylic acids is 1. The van der Waals surface area contributed by atoms with Gasteiger partial charge in [-0.25, -0.2) is 14.4 Å². The van der Waals surface area contributed by atoms with Crippen molar-refractivity contribution in [3.8, 4) is 0 Å². The third-order valence-electron chi connectivity index (χ3n) is 5.17. The van der Waals surface area contributed by atoms with E-state index in [0.717, 1.165) is 17.8 Å². The number of carboxylic acid groups (broad SMARTS) is 1. The van der Waals surface area contributed by atoms with Crippen molar-refractivity contribution in [2.24, 2.45) is 0 Å². The van der Waals surface area contributed by atoms with Gasteiger partial charge in [-0.3, -0.25) is 14.4 Å². The van der Waals surface area contributed by atoms with Gasteiger partial charge in [-0.05, 0) is 36.8 Å². The molecule has 9 nitrogen and oxygen atoms in total. The first kappa shape index (κ1) is 29.2. The molecule has 0 aliphatic carbocycles. The third kappa shape index (κ3) is 7.85. The summed E-state index contributed by atoms with van der Waals surface area (Å²) in [4.78, 5) is 43.8. The first-order valence-corrected chi connectivity index (χ1v) is 14.5. The lowest BCUT2D eigenvalue weighted by Gasteiger charge is -2.11. The SMILES string of the molecule is CC(=O)C(CC(=O)O)Sc1nnc(SCC(=O)Cc2ccc3ncnc(Nc4cc(Cl)c(Cl)cc4F)c3c2)s1. The lowest BCUT2D eigenvalue weighted by Crippen LogP contribution is -2.17. The summed E-state index contributed by atoms with van der Waals surface area (Å²) in [5, 5.41) is 20.0. The summed E-state index contributed by atoms with van der Waals surface area (Å²) in [6.45, 7) is 1.33. The Bertz CT molecular complexity index is 1570. The van der Waals surface area contributed by atoms with E-state index < -0.39 is 17.0 Å². The van der Waals surface area contributed by atoms with E-state index in [1.165, 1.54) is 42.4 Å². The molecule has 39 heavy (non-hydrogen) atoms. The molecular formula is C24H18Cl2FN5O4S3. The number of ketones is 2. The maximum absolute atomic E-state index is 14.4. The number of fused-ring (bicyclic) bond motifs is 1. The fourth-order valence-electron chi connectivity index (χ4n) is 3.33. The van der Waals surface area contributed by atoms with Crippen LogP contribution in [-0.2, 0) is 20.8 Å². The summed E-state index contributed by atoms with van der Waals surface area (Å²) in [6.07, 6.45) is 1.16. The highest BCUT2D eigenvalue weighted by Gasteiger charge is 2.22. The Hall–Kier alpha value is -2.84. The molecule has 0 bridgehead atoms. The Morgan fingerprint density at radius 2 is 1.85 bits per heavy atom. The van der Waals surface area contributed by atoms with Crippen LogP contribution in [0.1, 0.15) is 18.9 Å². The second-order valence-corrected chi connectivity index (χ2v) is 12.6. The van der Waals surface area contributed by atoms with E-state index in [-0.39, 0.29) is 45.9 Å². The molecule has 2 heterocycles. The van der Waals surface area contributed by atoms with Gasteiger partial charge >= 0.3 is 5.97 Å². The summed E-state index contributed by atoms with van der Waals surface area (Å²) >= 11 is 15.3. The summed E-state index contributed by atoms with van der Waals surface area (Å²) < 4.78 is 15.4. The van der Waals surface area contributed by atoms with Crippen molar-refractivity contribution in [3.63, 3.8) is 0 Å². The maximum atomic E-state index is 14.4. The van der Waals surface area contributed by atoms with Gasteiger partial charge in [-0.1, -0.05) is 64.1 Å². The first-order valence-electron chi connectivity index (χ1n) is 11.1. The van der Waals surface area contributed by atoms with Crippen molar-refractivity contribution in [2.45, 2.75) is 33.7 Å². The largest absolute Gasteiger partial charge is 0.481 e. The number of rotatable bonds is 12. The Labute approximate surface area is 243 Å². The van der Waals surface area contributed by atoms with Crippen LogP contribution in [0.3, 0.4) is 0 Å². The highest BCUT2D eigenvalue weighted by Crippen LogP contribution is 2.34. The lowest BCUT2D eigenvalue weighted by molar-refractivity contribution is -0.138. The first-order chi connectivity index (χ1) is 18.6. The summed E-state index contributed by atoms with van der Waals surface area (Å²) in [5.41, 5.74) is 1.41. The van der Waals surface area contributed by atoms with Crippen molar-refractivity contribution in [3.05, 3.63) is 58.1 Å². The van der Waals surface area contributed by atoms with E-state index in [0.29, 0.717) is 31.0 Å². The summed E-state index contributed by atoms with van der Waals surface area (Å²) in [7, 11) is 0. The van der Waals surface area contributed by atoms with Crippen molar-refractivity contribution in [2.75, 3.05) is 11.1 Å². The molecule has 15 heteroatoms. The molecule has 1 unspecified atom stereocenters. The molecule has 0 aliphatic rings. The highest BCUT2D eigenvalue weighted by atomic mass is 35.5. The number of carbonyl (C=O) groups is 3. The number of halogens is 3. The molecule has 1 atom stereocenters. The molecule has 202 valence electrons. The fourth-order valence-corrected chi connectivity index (χ4v) is 6.75. The Morgan fingerprint density at radius 3 is 2.59 bits per heavy atom. The van der Waals surface area contributed by atoms with E-state index >= 15 is 0 Å². The molecule has 0 radical (unpaired) electrons. The Morgan fingerprint density at radius 1 is 1.10 bits per heavy atom. The lowest BCUT2D eigenvalue weighted by atomic mass is 10.1. The average molecular weight is 627 g/mol. The van der Waals surface area contributed by atoms with Gasteiger partial charge in [0.05, 0.1) is 38.7 Å². The number of carbonyl (C=O) groups excluding carboxylic acids is 2. The van der Waals surface area contributed by atoms with E-state index in [1.807, 2.05) is 0 Å². The van der Waals surface area contributed by atoms with Crippen LogP contribution >= 0.6 is 58.1 Å². The molecule has 0 amide bonds. The molecule has 4 aromatic rings. The van der Waals surface area contributed by atoms with Crippen LogP contribution < -0.4 is 5.32 Å². The topological polar surface area (TPSA) is 135 Å². The number of nitrogens with one attached hydrogen (secondary N) is 1. The van der Waals surface area contributed by atoms with Crippen molar-refractivity contribution in [1.82, 2.24) is 20.2 Å². The number of aliphatic carboxylic acids is 1. The van der Waals surface area contributed by atoms with Crippen LogP contribution in [0, 0.1) is 5.82 Å². The molecule has 2 aromatic carbocycles. The normalized spacial score (nSPS) is 11.9. The molecule has 0 saturated carbocycles. The van der Waals surface area contributed by atoms with Gasteiger partial charge in [0.1, 0.15) is 29.5 Å². The van der Waals surface area contributed by atoms with Gasteiger partial charge in [0, 0.05) is 11.8 Å². The number of hydrogen-bond donors (Lipinski definition) is 2. The summed E-state index contributed by atoms with van der Waals surface area (Å²) in [6, 6.07) is 7.77. The maximum Gasteiger partial charge on any atom is 0.304 e. The van der Waals surface area contributed by atoms with Gasteiger partial charge in [-0.15, -0.1) is 10.2 Å². The van der Waals surface area contributed by atoms with Gasteiger partial charge in [0.15, 0.2) is 8.68 Å². The number of nitrogens with zero attached hydrogens (tertiary/aromatic N) is 4. The van der Waals surface area contributed by atoms with Gasteiger partial charge in [0.2, 0.25) is 0 Å². The zero-order valence-electron chi connectivity index (χ0n) is 20.0. The number of Topliss-reactive ketones (excluding diaryl/α,β-unsaturated/α-hetero) is 2. The molecule has 2 aromatic heterocycles. The fraction of sp³-hybridized carbons (Fsp3) is 0.208.